The minimum atomic E-state index is -0.404. The lowest BCUT2D eigenvalue weighted by molar-refractivity contribution is -0.136. The van der Waals surface area contributed by atoms with Crippen LogP contribution in [0.5, 0.6) is 5.75 Å². The number of rotatable bonds is 6. The number of nitrogens with zero attached hydrogens (tertiary/aromatic N) is 1. The molecule has 0 radical (unpaired) electrons. The molecule has 0 aliphatic heterocycles. The molecule has 6 heteroatoms. The number of aryl methyl sites for hydroxylation is 1. The van der Waals surface area contributed by atoms with E-state index < -0.39 is 5.97 Å². The molecule has 0 spiro atoms. The Morgan fingerprint density at radius 2 is 1.94 bits per heavy atom. The number of carbonyl (C=O) groups is 2. The second-order valence-corrected chi connectivity index (χ2v) is 8.06. The first kappa shape index (κ1) is 21.6. The molecule has 6 nitrogen and oxygen atoms in total. The molecule has 2 N–H and O–H groups in total. The Labute approximate surface area is 186 Å². The number of phenols is 1. The second-order valence-electron chi connectivity index (χ2n) is 8.06. The van der Waals surface area contributed by atoms with Gasteiger partial charge in [0.1, 0.15) is 5.75 Å². The molecule has 32 heavy (non-hydrogen) atoms. The van der Waals surface area contributed by atoms with Gasteiger partial charge in [0.2, 0.25) is 5.91 Å². The highest BCUT2D eigenvalue weighted by Crippen LogP contribution is 2.35. The zero-order valence-corrected chi connectivity index (χ0v) is 18.0. The summed E-state index contributed by atoms with van der Waals surface area (Å²) in [6, 6.07) is 16.9. The Bertz CT molecular complexity index is 1170. The Morgan fingerprint density at radius 1 is 1.12 bits per heavy atom. The summed E-state index contributed by atoms with van der Waals surface area (Å²) in [4.78, 5) is 29.5. The smallest absolute Gasteiger partial charge is 0.335 e. The zero-order valence-electron chi connectivity index (χ0n) is 18.0. The van der Waals surface area contributed by atoms with Gasteiger partial charge in [-0.05, 0) is 66.3 Å². The number of aromatic nitrogens is 1. The molecule has 1 heterocycles. The van der Waals surface area contributed by atoms with E-state index in [1.165, 1.54) is 7.11 Å². The number of allylic oxidation sites excluding steroid dienone is 1. The maximum absolute atomic E-state index is 12.7. The van der Waals surface area contributed by atoms with E-state index in [0.717, 1.165) is 28.5 Å². The van der Waals surface area contributed by atoms with Crippen LogP contribution in [-0.4, -0.2) is 29.1 Å². The average molecular weight is 431 g/mol. The van der Waals surface area contributed by atoms with Crippen LogP contribution in [0.4, 0.5) is 0 Å². The SMILES string of the molecule is COC(=O)C1=C(NC(=O)CCc2ccc3cc(O)ccc3c2)CCC(c2ccccn2)C1. The number of benzene rings is 2. The first-order chi connectivity index (χ1) is 15.5. The lowest BCUT2D eigenvalue weighted by Gasteiger charge is -2.26. The van der Waals surface area contributed by atoms with E-state index in [2.05, 4.69) is 10.3 Å². The lowest BCUT2D eigenvalue weighted by atomic mass is 9.84. The minimum Gasteiger partial charge on any atom is -0.508 e. The first-order valence-corrected chi connectivity index (χ1v) is 10.8. The monoisotopic (exact) mass is 430 g/mol. The predicted octanol–water partition coefficient (Wildman–Crippen LogP) is 4.38. The topological polar surface area (TPSA) is 88.5 Å². The van der Waals surface area contributed by atoms with Crippen molar-refractivity contribution >= 4 is 22.6 Å². The number of hydrogen-bond acceptors (Lipinski definition) is 5. The molecule has 3 aromatic rings. The van der Waals surface area contributed by atoms with Crippen molar-refractivity contribution in [2.75, 3.05) is 7.11 Å². The number of nitrogens with one attached hydrogen (secondary N) is 1. The van der Waals surface area contributed by atoms with Crippen molar-refractivity contribution in [1.82, 2.24) is 10.3 Å². The van der Waals surface area contributed by atoms with Gasteiger partial charge in [0.05, 0.1) is 12.7 Å². The van der Waals surface area contributed by atoms with Crippen LogP contribution in [0.3, 0.4) is 0 Å². The van der Waals surface area contributed by atoms with E-state index in [-0.39, 0.29) is 17.6 Å². The molecule has 1 atom stereocenters. The second kappa shape index (κ2) is 9.64. The molecule has 1 amide bonds. The van der Waals surface area contributed by atoms with Gasteiger partial charge < -0.3 is 15.2 Å². The summed E-state index contributed by atoms with van der Waals surface area (Å²) >= 11 is 0. The van der Waals surface area contributed by atoms with Crippen molar-refractivity contribution in [2.24, 2.45) is 0 Å². The molecule has 4 rings (SSSR count). The number of pyridine rings is 1. The quantitative estimate of drug-likeness (QED) is 0.567. The summed E-state index contributed by atoms with van der Waals surface area (Å²) in [5.74, 6) is -0.165. The number of aromatic hydroxyl groups is 1. The third-order valence-corrected chi connectivity index (χ3v) is 5.91. The van der Waals surface area contributed by atoms with Crippen LogP contribution < -0.4 is 5.32 Å². The van der Waals surface area contributed by atoms with Crippen LogP contribution in [0.15, 0.2) is 72.1 Å². The lowest BCUT2D eigenvalue weighted by Crippen LogP contribution is -2.29. The average Bonchev–Trinajstić information content (AvgIpc) is 2.83. The highest BCUT2D eigenvalue weighted by Gasteiger charge is 2.28. The highest BCUT2D eigenvalue weighted by molar-refractivity contribution is 5.91. The fourth-order valence-electron chi connectivity index (χ4n) is 4.21. The van der Waals surface area contributed by atoms with Crippen LogP contribution in [0.2, 0.25) is 0 Å². The summed E-state index contributed by atoms with van der Waals surface area (Å²) in [6.07, 6.45) is 4.55. The summed E-state index contributed by atoms with van der Waals surface area (Å²) in [5.41, 5.74) is 3.17. The molecule has 2 aromatic carbocycles. The van der Waals surface area contributed by atoms with Gasteiger partial charge in [-0.3, -0.25) is 9.78 Å². The van der Waals surface area contributed by atoms with E-state index in [1.807, 2.05) is 42.5 Å². The van der Waals surface area contributed by atoms with E-state index >= 15 is 0 Å². The predicted molar refractivity (Wildman–Crippen MR) is 122 cm³/mol. The van der Waals surface area contributed by atoms with Crippen molar-refractivity contribution < 1.29 is 19.4 Å². The van der Waals surface area contributed by atoms with E-state index in [0.29, 0.717) is 37.0 Å². The van der Waals surface area contributed by atoms with Gasteiger partial charge in [0.15, 0.2) is 0 Å². The van der Waals surface area contributed by atoms with Gasteiger partial charge in [-0.2, -0.15) is 0 Å². The summed E-state index contributed by atoms with van der Waals surface area (Å²) in [7, 11) is 1.36. The van der Waals surface area contributed by atoms with Gasteiger partial charge in [0, 0.05) is 29.9 Å². The van der Waals surface area contributed by atoms with Gasteiger partial charge in [-0.15, -0.1) is 0 Å². The largest absolute Gasteiger partial charge is 0.508 e. The molecule has 164 valence electrons. The molecule has 0 saturated heterocycles. The van der Waals surface area contributed by atoms with Gasteiger partial charge in [-0.1, -0.05) is 30.3 Å². The summed E-state index contributed by atoms with van der Waals surface area (Å²) in [5, 5.41) is 14.5. The fraction of sp³-hybridized carbons (Fsp3) is 0.269. The van der Waals surface area contributed by atoms with Crippen molar-refractivity contribution in [3.8, 4) is 5.75 Å². The fourth-order valence-corrected chi connectivity index (χ4v) is 4.21. The Balaban J connectivity index is 1.43. The maximum atomic E-state index is 12.7. The molecular formula is C26H26N2O4. The van der Waals surface area contributed by atoms with Crippen molar-refractivity contribution in [3.63, 3.8) is 0 Å². The highest BCUT2D eigenvalue weighted by atomic mass is 16.5. The molecule has 0 fully saturated rings. The van der Waals surface area contributed by atoms with Crippen LogP contribution in [0.25, 0.3) is 10.8 Å². The number of ether oxygens (including phenoxy) is 1. The van der Waals surface area contributed by atoms with Gasteiger partial charge >= 0.3 is 5.97 Å². The normalized spacial score (nSPS) is 16.1. The molecule has 1 aromatic heterocycles. The van der Waals surface area contributed by atoms with Crippen LogP contribution in [0.1, 0.15) is 42.9 Å². The zero-order chi connectivity index (χ0) is 22.5. The molecule has 0 bridgehead atoms. The third kappa shape index (κ3) is 4.97. The van der Waals surface area contributed by atoms with Crippen LogP contribution >= 0.6 is 0 Å². The summed E-state index contributed by atoms with van der Waals surface area (Å²) < 4.78 is 4.98. The van der Waals surface area contributed by atoms with Gasteiger partial charge in [0.25, 0.3) is 0 Å². The Hall–Kier alpha value is -3.67. The van der Waals surface area contributed by atoms with Crippen LogP contribution in [-0.2, 0) is 20.7 Å². The van der Waals surface area contributed by atoms with Crippen molar-refractivity contribution in [1.29, 1.82) is 0 Å². The maximum Gasteiger partial charge on any atom is 0.335 e. The number of amides is 1. The number of hydrogen-bond donors (Lipinski definition) is 2. The number of fused-ring (bicyclic) bond motifs is 1. The molecule has 1 aliphatic carbocycles. The Morgan fingerprint density at radius 3 is 2.72 bits per heavy atom. The number of carbonyl (C=O) groups excluding carboxylic acids is 2. The number of phenolic OH excluding ortho intramolecular Hbond substituents is 1. The van der Waals surface area contributed by atoms with Gasteiger partial charge in [-0.25, -0.2) is 4.79 Å². The van der Waals surface area contributed by atoms with E-state index in [1.54, 1.807) is 18.3 Å². The first-order valence-electron chi connectivity index (χ1n) is 10.8. The van der Waals surface area contributed by atoms with Crippen molar-refractivity contribution in [2.45, 2.75) is 38.0 Å². The third-order valence-electron chi connectivity index (χ3n) is 5.91. The Kier molecular flexibility index (Phi) is 6.50. The standard InChI is InChI=1S/C26H26N2O4/c1-32-26(31)22-16-20(23-4-2-3-13-27-23)9-11-24(22)28-25(30)12-6-17-5-7-19-15-21(29)10-8-18(19)14-17/h2-5,7-8,10,13-15,20,29H,6,9,11-12,16H2,1H3,(H,28,30). The molecular weight excluding hydrogens is 404 g/mol. The molecule has 1 unspecified atom stereocenters. The van der Waals surface area contributed by atoms with E-state index in [9.17, 15) is 14.7 Å². The number of esters is 1. The minimum absolute atomic E-state index is 0.122. The summed E-state index contributed by atoms with van der Waals surface area (Å²) in [6.45, 7) is 0. The molecule has 0 saturated carbocycles. The number of methoxy groups -OCH3 is 1. The van der Waals surface area contributed by atoms with Crippen LogP contribution in [0, 0.1) is 0 Å². The molecule has 1 aliphatic rings. The van der Waals surface area contributed by atoms with E-state index in [4.69, 9.17) is 4.74 Å². The van der Waals surface area contributed by atoms with Crippen molar-refractivity contribution in [3.05, 3.63) is 83.3 Å².